The fourth-order valence-electron chi connectivity index (χ4n) is 2.45. The molecule has 0 saturated carbocycles. The van der Waals surface area contributed by atoms with Crippen molar-refractivity contribution in [2.45, 2.75) is 19.4 Å². The van der Waals surface area contributed by atoms with E-state index in [9.17, 15) is 9.59 Å². The molecule has 2 aromatic rings. The summed E-state index contributed by atoms with van der Waals surface area (Å²) in [6, 6.07) is 15.2. The zero-order valence-corrected chi connectivity index (χ0v) is 15.1. The zero-order chi connectivity index (χ0) is 18.8. The van der Waals surface area contributed by atoms with Gasteiger partial charge in [0.1, 0.15) is 6.42 Å². The third-order valence-corrected chi connectivity index (χ3v) is 3.84. The van der Waals surface area contributed by atoms with Gasteiger partial charge in [0.25, 0.3) is 0 Å². The van der Waals surface area contributed by atoms with E-state index < -0.39 is 0 Å². The fourth-order valence-corrected chi connectivity index (χ4v) is 2.45. The number of hydrogen-bond donors (Lipinski definition) is 2. The van der Waals surface area contributed by atoms with E-state index in [1.807, 2.05) is 48.5 Å². The molecular formula is C20H24N2O4. The molecule has 6 nitrogen and oxygen atoms in total. The van der Waals surface area contributed by atoms with Gasteiger partial charge in [-0.05, 0) is 29.7 Å². The monoisotopic (exact) mass is 356 g/mol. The van der Waals surface area contributed by atoms with E-state index in [4.69, 9.17) is 9.47 Å². The molecule has 0 radical (unpaired) electrons. The Hall–Kier alpha value is -3.02. The number of methoxy groups -OCH3 is 2. The molecule has 2 aromatic carbocycles. The van der Waals surface area contributed by atoms with Crippen LogP contribution in [0.5, 0.6) is 11.5 Å². The molecule has 0 aromatic heterocycles. The molecule has 2 amide bonds. The molecule has 0 saturated heterocycles. The molecule has 2 rings (SSSR count). The Balaban J connectivity index is 1.70. The molecule has 0 aliphatic heterocycles. The average Bonchev–Trinajstić information content (AvgIpc) is 2.67. The Morgan fingerprint density at radius 2 is 1.54 bits per heavy atom. The van der Waals surface area contributed by atoms with Gasteiger partial charge in [-0.15, -0.1) is 0 Å². The third-order valence-electron chi connectivity index (χ3n) is 3.84. The van der Waals surface area contributed by atoms with Crippen LogP contribution in [0, 0.1) is 0 Å². The number of hydrogen-bond acceptors (Lipinski definition) is 4. The van der Waals surface area contributed by atoms with Crippen LogP contribution in [0.15, 0.2) is 48.5 Å². The summed E-state index contributed by atoms with van der Waals surface area (Å²) in [5, 5.41) is 5.49. The lowest BCUT2D eigenvalue weighted by molar-refractivity contribution is -0.129. The molecule has 2 N–H and O–H groups in total. The average molecular weight is 356 g/mol. The SMILES string of the molecule is COc1ccc(CCNC(=O)CC(=O)NCc2ccccc2)cc1OC. The minimum absolute atomic E-state index is 0.182. The summed E-state index contributed by atoms with van der Waals surface area (Å²) >= 11 is 0. The molecule has 0 atom stereocenters. The summed E-state index contributed by atoms with van der Waals surface area (Å²) in [5.74, 6) is 0.723. The third kappa shape index (κ3) is 6.12. The molecular weight excluding hydrogens is 332 g/mol. The van der Waals surface area contributed by atoms with E-state index in [1.165, 1.54) is 0 Å². The van der Waals surface area contributed by atoms with Gasteiger partial charge in [0, 0.05) is 13.1 Å². The number of rotatable bonds is 9. The predicted octanol–water partition coefficient (Wildman–Crippen LogP) is 2.07. The molecule has 0 fully saturated rings. The topological polar surface area (TPSA) is 76.7 Å². The Morgan fingerprint density at radius 3 is 2.23 bits per heavy atom. The van der Waals surface area contributed by atoms with Crippen LogP contribution in [-0.4, -0.2) is 32.6 Å². The van der Waals surface area contributed by atoms with Gasteiger partial charge in [-0.1, -0.05) is 36.4 Å². The summed E-state index contributed by atoms with van der Waals surface area (Å²) < 4.78 is 10.4. The quantitative estimate of drug-likeness (QED) is 0.675. The minimum Gasteiger partial charge on any atom is -0.493 e. The van der Waals surface area contributed by atoms with E-state index in [0.29, 0.717) is 31.0 Å². The Bertz CT molecular complexity index is 732. The fraction of sp³-hybridized carbons (Fsp3) is 0.300. The smallest absolute Gasteiger partial charge is 0.229 e. The first-order valence-corrected chi connectivity index (χ1v) is 8.40. The van der Waals surface area contributed by atoms with Gasteiger partial charge < -0.3 is 20.1 Å². The minimum atomic E-state index is -0.295. The van der Waals surface area contributed by atoms with Crippen molar-refractivity contribution >= 4 is 11.8 Å². The van der Waals surface area contributed by atoms with Gasteiger partial charge >= 0.3 is 0 Å². The predicted molar refractivity (Wildman–Crippen MR) is 99.2 cm³/mol. The van der Waals surface area contributed by atoms with Crippen molar-refractivity contribution in [1.82, 2.24) is 10.6 Å². The van der Waals surface area contributed by atoms with E-state index in [-0.39, 0.29) is 18.2 Å². The van der Waals surface area contributed by atoms with Gasteiger partial charge in [-0.2, -0.15) is 0 Å². The summed E-state index contributed by atoms with van der Waals surface area (Å²) in [4.78, 5) is 23.7. The van der Waals surface area contributed by atoms with Crippen LogP contribution in [0.1, 0.15) is 17.5 Å². The first-order chi connectivity index (χ1) is 12.6. The summed E-state index contributed by atoms with van der Waals surface area (Å²) in [5.41, 5.74) is 2.01. The van der Waals surface area contributed by atoms with Crippen molar-refractivity contribution in [2.75, 3.05) is 20.8 Å². The Morgan fingerprint density at radius 1 is 0.846 bits per heavy atom. The van der Waals surface area contributed by atoms with Crippen molar-refractivity contribution < 1.29 is 19.1 Å². The highest BCUT2D eigenvalue weighted by atomic mass is 16.5. The largest absolute Gasteiger partial charge is 0.493 e. The molecule has 0 aliphatic carbocycles. The number of nitrogens with one attached hydrogen (secondary N) is 2. The van der Waals surface area contributed by atoms with Crippen molar-refractivity contribution in [3.05, 3.63) is 59.7 Å². The maximum Gasteiger partial charge on any atom is 0.229 e. The number of carbonyl (C=O) groups excluding carboxylic acids is 2. The van der Waals surface area contributed by atoms with Crippen LogP contribution in [0.3, 0.4) is 0 Å². The molecule has 26 heavy (non-hydrogen) atoms. The van der Waals surface area contributed by atoms with E-state index in [1.54, 1.807) is 14.2 Å². The lowest BCUT2D eigenvalue weighted by Crippen LogP contribution is -2.32. The second-order valence-corrected chi connectivity index (χ2v) is 5.73. The van der Waals surface area contributed by atoms with Gasteiger partial charge in [0.15, 0.2) is 11.5 Å². The van der Waals surface area contributed by atoms with Gasteiger partial charge in [-0.3, -0.25) is 9.59 Å². The van der Waals surface area contributed by atoms with Crippen LogP contribution in [0.2, 0.25) is 0 Å². The Labute approximate surface area is 153 Å². The second kappa shape index (κ2) is 10.1. The van der Waals surface area contributed by atoms with E-state index >= 15 is 0 Å². The molecule has 138 valence electrons. The summed E-state index contributed by atoms with van der Waals surface area (Å²) in [6.07, 6.45) is 0.455. The second-order valence-electron chi connectivity index (χ2n) is 5.73. The van der Waals surface area contributed by atoms with Gasteiger partial charge in [-0.25, -0.2) is 0 Å². The van der Waals surface area contributed by atoms with Crippen LogP contribution >= 0.6 is 0 Å². The number of amides is 2. The first kappa shape index (κ1) is 19.3. The molecule has 0 unspecified atom stereocenters. The molecule has 0 bridgehead atoms. The lowest BCUT2D eigenvalue weighted by Gasteiger charge is -2.10. The van der Waals surface area contributed by atoms with Crippen molar-refractivity contribution in [3.8, 4) is 11.5 Å². The van der Waals surface area contributed by atoms with E-state index in [2.05, 4.69) is 10.6 Å². The molecule has 0 spiro atoms. The highest BCUT2D eigenvalue weighted by Gasteiger charge is 2.09. The number of ether oxygens (including phenoxy) is 2. The summed E-state index contributed by atoms with van der Waals surface area (Å²) in [6.45, 7) is 0.860. The first-order valence-electron chi connectivity index (χ1n) is 8.40. The van der Waals surface area contributed by atoms with E-state index in [0.717, 1.165) is 11.1 Å². The summed E-state index contributed by atoms with van der Waals surface area (Å²) in [7, 11) is 3.16. The van der Waals surface area contributed by atoms with Crippen LogP contribution < -0.4 is 20.1 Å². The number of benzene rings is 2. The highest BCUT2D eigenvalue weighted by molar-refractivity contribution is 5.96. The standard InChI is InChI=1S/C20H24N2O4/c1-25-17-9-8-15(12-18(17)26-2)10-11-21-19(23)13-20(24)22-14-16-6-4-3-5-7-16/h3-9,12H,10-11,13-14H2,1-2H3,(H,21,23)(H,22,24). The van der Waals surface area contributed by atoms with Crippen molar-refractivity contribution in [2.24, 2.45) is 0 Å². The molecule has 6 heteroatoms. The van der Waals surface area contributed by atoms with Crippen LogP contribution in [0.4, 0.5) is 0 Å². The van der Waals surface area contributed by atoms with Crippen LogP contribution in [0.25, 0.3) is 0 Å². The lowest BCUT2D eigenvalue weighted by atomic mass is 10.1. The molecule has 0 heterocycles. The maximum atomic E-state index is 11.9. The van der Waals surface area contributed by atoms with Gasteiger partial charge in [0.2, 0.25) is 11.8 Å². The van der Waals surface area contributed by atoms with Crippen molar-refractivity contribution in [1.29, 1.82) is 0 Å². The Kier molecular flexibility index (Phi) is 7.49. The zero-order valence-electron chi connectivity index (χ0n) is 15.1. The van der Waals surface area contributed by atoms with Crippen LogP contribution in [-0.2, 0) is 22.6 Å². The van der Waals surface area contributed by atoms with Crippen molar-refractivity contribution in [3.63, 3.8) is 0 Å². The highest BCUT2D eigenvalue weighted by Crippen LogP contribution is 2.27. The normalized spacial score (nSPS) is 10.1. The number of carbonyl (C=O) groups is 2. The maximum absolute atomic E-state index is 11.9. The molecule has 0 aliphatic rings. The van der Waals surface area contributed by atoms with Gasteiger partial charge in [0.05, 0.1) is 14.2 Å².